The monoisotopic (exact) mass is 497 g/mol. The van der Waals surface area contributed by atoms with Crippen molar-refractivity contribution in [2.45, 2.75) is 13.3 Å². The highest BCUT2D eigenvalue weighted by molar-refractivity contribution is 6.02. The van der Waals surface area contributed by atoms with Gasteiger partial charge in [-0.15, -0.1) is 0 Å². The number of allylic oxidation sites excluding steroid dienone is 1. The Morgan fingerprint density at radius 2 is 1.95 bits per heavy atom. The summed E-state index contributed by atoms with van der Waals surface area (Å²) in [6.45, 7) is 5.19. The highest BCUT2D eigenvalue weighted by atomic mass is 16.2. The SMILES string of the molecule is C=C/C=N\c1c(C(N)=O)c(N)nn1C.CCc1nc2cccc(C#CCO)c2c(=O)n1-c1ccccc1. The van der Waals surface area contributed by atoms with Gasteiger partial charge in [0.05, 0.1) is 16.6 Å². The first-order valence-electron chi connectivity index (χ1n) is 11.3. The quantitative estimate of drug-likeness (QED) is 0.284. The van der Waals surface area contributed by atoms with Gasteiger partial charge in [-0.2, -0.15) is 5.10 Å². The molecule has 4 rings (SSSR count). The van der Waals surface area contributed by atoms with Gasteiger partial charge in [0.1, 0.15) is 18.0 Å². The zero-order valence-electron chi connectivity index (χ0n) is 20.5. The van der Waals surface area contributed by atoms with Crippen molar-refractivity contribution in [3.63, 3.8) is 0 Å². The summed E-state index contributed by atoms with van der Waals surface area (Å²) >= 11 is 0. The summed E-state index contributed by atoms with van der Waals surface area (Å²) in [5, 5.41) is 13.2. The second kappa shape index (κ2) is 12.1. The molecular weight excluding hydrogens is 470 g/mol. The predicted octanol–water partition coefficient (Wildman–Crippen LogP) is 2.28. The fourth-order valence-corrected chi connectivity index (χ4v) is 3.64. The van der Waals surface area contributed by atoms with Crippen molar-refractivity contribution >= 4 is 34.7 Å². The molecule has 2 aromatic carbocycles. The number of para-hydroxylation sites is 1. The van der Waals surface area contributed by atoms with E-state index in [-0.39, 0.29) is 23.5 Å². The molecule has 2 heterocycles. The van der Waals surface area contributed by atoms with Gasteiger partial charge in [-0.25, -0.2) is 14.7 Å². The van der Waals surface area contributed by atoms with Crippen molar-refractivity contribution in [1.29, 1.82) is 0 Å². The molecule has 0 unspecified atom stereocenters. The summed E-state index contributed by atoms with van der Waals surface area (Å²) in [4.78, 5) is 32.7. The Balaban J connectivity index is 0.000000233. The topological polar surface area (TPSA) is 154 Å². The number of hydrogen-bond donors (Lipinski definition) is 3. The van der Waals surface area contributed by atoms with E-state index in [4.69, 9.17) is 16.6 Å². The Bertz CT molecular complexity index is 1590. The molecule has 0 bridgehead atoms. The average Bonchev–Trinajstić information content (AvgIpc) is 3.19. The van der Waals surface area contributed by atoms with Gasteiger partial charge in [0, 0.05) is 25.2 Å². The first kappa shape index (κ1) is 26.6. The number of nitrogen functional groups attached to an aromatic ring is 1. The van der Waals surface area contributed by atoms with Gasteiger partial charge in [-0.3, -0.25) is 14.2 Å². The number of amides is 1. The predicted molar refractivity (Wildman–Crippen MR) is 145 cm³/mol. The molecule has 5 N–H and O–H groups in total. The van der Waals surface area contributed by atoms with Crippen LogP contribution in [0.5, 0.6) is 0 Å². The molecule has 0 saturated carbocycles. The number of carbonyl (C=O) groups excluding carboxylic acids is 1. The number of aryl methyl sites for hydroxylation is 2. The van der Waals surface area contributed by atoms with Crippen molar-refractivity contribution in [2.75, 3.05) is 12.3 Å². The number of nitrogens with zero attached hydrogens (tertiary/aromatic N) is 5. The third-order valence-electron chi connectivity index (χ3n) is 5.19. The number of aromatic nitrogens is 4. The van der Waals surface area contributed by atoms with E-state index in [1.165, 1.54) is 17.0 Å². The molecule has 4 aromatic rings. The Kier molecular flexibility index (Phi) is 8.70. The smallest absolute Gasteiger partial charge is 0.267 e. The average molecular weight is 498 g/mol. The summed E-state index contributed by atoms with van der Waals surface area (Å²) in [7, 11) is 1.62. The van der Waals surface area contributed by atoms with E-state index in [0.29, 0.717) is 34.5 Å². The molecule has 10 heteroatoms. The number of aliphatic imine (C=N–C) groups is 1. The lowest BCUT2D eigenvalue weighted by Gasteiger charge is -2.13. The molecule has 0 atom stereocenters. The van der Waals surface area contributed by atoms with Gasteiger partial charge >= 0.3 is 0 Å². The minimum absolute atomic E-state index is 0.0798. The van der Waals surface area contributed by atoms with E-state index in [0.717, 1.165) is 5.69 Å². The van der Waals surface area contributed by atoms with Gasteiger partial charge in [-0.05, 0) is 24.3 Å². The summed E-state index contributed by atoms with van der Waals surface area (Å²) in [5.41, 5.74) is 12.6. The maximum atomic E-state index is 13.1. The van der Waals surface area contributed by atoms with Gasteiger partial charge in [0.15, 0.2) is 11.6 Å². The van der Waals surface area contributed by atoms with Crippen LogP contribution in [0.4, 0.5) is 11.6 Å². The molecule has 0 saturated heterocycles. The maximum Gasteiger partial charge on any atom is 0.267 e. The van der Waals surface area contributed by atoms with E-state index in [9.17, 15) is 9.59 Å². The number of nitrogens with two attached hydrogens (primary N) is 2. The Morgan fingerprint density at radius 3 is 2.57 bits per heavy atom. The molecule has 0 spiro atoms. The van der Waals surface area contributed by atoms with Crippen LogP contribution in [0.25, 0.3) is 16.6 Å². The molecule has 10 nitrogen and oxygen atoms in total. The molecule has 188 valence electrons. The van der Waals surface area contributed by atoms with Gasteiger partial charge < -0.3 is 16.6 Å². The number of benzene rings is 2. The number of fused-ring (bicyclic) bond motifs is 1. The van der Waals surface area contributed by atoms with Gasteiger partial charge in [-0.1, -0.05) is 55.7 Å². The van der Waals surface area contributed by atoms with Crippen LogP contribution in [0, 0.1) is 11.8 Å². The summed E-state index contributed by atoms with van der Waals surface area (Å²) < 4.78 is 3.02. The molecule has 0 aliphatic rings. The Morgan fingerprint density at radius 1 is 1.22 bits per heavy atom. The normalized spacial score (nSPS) is 10.5. The van der Waals surface area contributed by atoms with E-state index in [1.54, 1.807) is 17.7 Å². The first-order valence-corrected chi connectivity index (χ1v) is 11.3. The van der Waals surface area contributed by atoms with Crippen LogP contribution in [0.3, 0.4) is 0 Å². The third kappa shape index (κ3) is 5.80. The minimum atomic E-state index is -0.646. The standard InChI is InChI=1S/C19H16N2O2.C8H11N5O/c1-2-17-20-16-12-6-8-14(9-7-13-22)18(16)19(23)21(17)15-10-4-3-5-11-15;1-3-4-11-8-5(7(10)14)6(9)12-13(8)2/h3-6,8,10-12,22H,2,13H2,1H3;3-4H,1H2,2H3,(H2,9,12)(H2,10,14)/b;11-4-. The van der Waals surface area contributed by atoms with Crippen LogP contribution < -0.4 is 17.0 Å². The molecule has 0 aliphatic carbocycles. The van der Waals surface area contributed by atoms with E-state index >= 15 is 0 Å². The minimum Gasteiger partial charge on any atom is -0.384 e. The van der Waals surface area contributed by atoms with Crippen LogP contribution in [-0.2, 0) is 13.5 Å². The van der Waals surface area contributed by atoms with Crippen LogP contribution in [0.15, 0.2) is 71.0 Å². The fourth-order valence-electron chi connectivity index (χ4n) is 3.64. The van der Waals surface area contributed by atoms with Crippen molar-refractivity contribution < 1.29 is 9.90 Å². The number of aliphatic hydroxyl groups excluding tert-OH is 1. The number of carbonyl (C=O) groups is 1. The van der Waals surface area contributed by atoms with Crippen molar-refractivity contribution in [3.05, 3.63) is 88.5 Å². The first-order chi connectivity index (χ1) is 17.8. The number of primary amides is 1. The number of rotatable bonds is 5. The van der Waals surface area contributed by atoms with Crippen molar-refractivity contribution in [1.82, 2.24) is 19.3 Å². The third-order valence-corrected chi connectivity index (χ3v) is 5.19. The highest BCUT2D eigenvalue weighted by Crippen LogP contribution is 2.22. The summed E-state index contributed by atoms with van der Waals surface area (Å²) in [6, 6.07) is 14.9. The second-order valence-corrected chi connectivity index (χ2v) is 7.60. The lowest BCUT2D eigenvalue weighted by atomic mass is 10.1. The lowest BCUT2D eigenvalue weighted by molar-refractivity contribution is 0.100. The number of anilines is 1. The molecule has 1 amide bonds. The summed E-state index contributed by atoms with van der Waals surface area (Å²) in [6.07, 6.45) is 3.56. The molecule has 0 fully saturated rings. The molecule has 0 aliphatic heterocycles. The zero-order valence-corrected chi connectivity index (χ0v) is 20.5. The van der Waals surface area contributed by atoms with Crippen molar-refractivity contribution in [3.8, 4) is 17.5 Å². The maximum absolute atomic E-state index is 13.1. The number of aliphatic hydroxyl groups is 1. The fraction of sp³-hybridized carbons (Fsp3) is 0.148. The van der Waals surface area contributed by atoms with Gasteiger partial charge in [0.2, 0.25) is 0 Å². The molecule has 37 heavy (non-hydrogen) atoms. The van der Waals surface area contributed by atoms with Crippen LogP contribution >= 0.6 is 0 Å². The summed E-state index contributed by atoms with van der Waals surface area (Å²) in [5.74, 6) is 5.91. The Labute approximate surface area is 213 Å². The van der Waals surface area contributed by atoms with E-state index < -0.39 is 5.91 Å². The van der Waals surface area contributed by atoms with E-state index in [1.807, 2.05) is 49.4 Å². The molecule has 2 aromatic heterocycles. The lowest BCUT2D eigenvalue weighted by Crippen LogP contribution is -2.24. The number of hydrogen-bond acceptors (Lipinski definition) is 7. The largest absolute Gasteiger partial charge is 0.384 e. The van der Waals surface area contributed by atoms with Crippen LogP contribution in [-0.4, -0.2) is 43.2 Å². The second-order valence-electron chi connectivity index (χ2n) is 7.60. The van der Waals surface area contributed by atoms with Crippen molar-refractivity contribution in [2.24, 2.45) is 17.8 Å². The van der Waals surface area contributed by atoms with Gasteiger partial charge in [0.25, 0.3) is 11.5 Å². The van der Waals surface area contributed by atoms with Crippen LogP contribution in [0.1, 0.15) is 28.7 Å². The zero-order chi connectivity index (χ0) is 26.9. The highest BCUT2D eigenvalue weighted by Gasteiger charge is 2.17. The molecular formula is C27H27N7O3. The molecule has 0 radical (unpaired) electrons. The van der Waals surface area contributed by atoms with Crippen LogP contribution in [0.2, 0.25) is 0 Å². The Hall–Kier alpha value is -5.01. The van der Waals surface area contributed by atoms with E-state index in [2.05, 4.69) is 33.5 Å².